The molecule has 2 aromatic rings. The lowest BCUT2D eigenvalue weighted by molar-refractivity contribution is -0.137. The minimum atomic E-state index is -4.21. The molecule has 0 spiro atoms. The van der Waals surface area contributed by atoms with E-state index in [1.807, 2.05) is 0 Å². The van der Waals surface area contributed by atoms with Gasteiger partial charge in [0.15, 0.2) is 0 Å². The van der Waals surface area contributed by atoms with Crippen LogP contribution in [-0.4, -0.2) is 0 Å². The molecule has 0 aliphatic heterocycles. The van der Waals surface area contributed by atoms with Gasteiger partial charge < -0.3 is 0 Å². The molecule has 4 heteroatoms. The number of hydrogen-bond acceptors (Lipinski definition) is 0. The van der Waals surface area contributed by atoms with E-state index in [9.17, 15) is 17.6 Å². The third kappa shape index (κ3) is 5.15. The minimum absolute atomic E-state index is 0.178. The smallest absolute Gasteiger partial charge is 0.207 e. The second-order valence-electron chi connectivity index (χ2n) is 3.16. The molecule has 0 aliphatic rings. The molecular formula is C13H10F4. The largest absolute Gasteiger partial charge is 0.416 e. The van der Waals surface area contributed by atoms with Crippen LogP contribution in [0.1, 0.15) is 5.56 Å². The highest BCUT2D eigenvalue weighted by Gasteiger charge is 2.29. The van der Waals surface area contributed by atoms with Gasteiger partial charge >= 0.3 is 6.18 Å². The zero-order chi connectivity index (χ0) is 12.7. The van der Waals surface area contributed by atoms with Crippen LogP contribution in [0.2, 0.25) is 0 Å². The minimum Gasteiger partial charge on any atom is -0.207 e. The van der Waals surface area contributed by atoms with E-state index in [0.29, 0.717) is 0 Å². The van der Waals surface area contributed by atoms with Crippen LogP contribution in [0.25, 0.3) is 0 Å². The third-order valence-electron chi connectivity index (χ3n) is 1.83. The van der Waals surface area contributed by atoms with Crippen LogP contribution in [-0.2, 0) is 6.18 Å². The van der Waals surface area contributed by atoms with Crippen molar-refractivity contribution in [3.05, 3.63) is 72.0 Å². The van der Waals surface area contributed by atoms with Crippen LogP contribution in [0.5, 0.6) is 0 Å². The molecule has 17 heavy (non-hydrogen) atoms. The van der Waals surface area contributed by atoms with Gasteiger partial charge in [0.1, 0.15) is 5.82 Å². The molecule has 0 bridgehead atoms. The van der Waals surface area contributed by atoms with Crippen molar-refractivity contribution in [3.8, 4) is 0 Å². The van der Waals surface area contributed by atoms with Crippen LogP contribution in [0, 0.1) is 5.82 Å². The topological polar surface area (TPSA) is 0 Å². The van der Waals surface area contributed by atoms with Crippen molar-refractivity contribution in [2.75, 3.05) is 0 Å². The van der Waals surface area contributed by atoms with Gasteiger partial charge in [-0.15, -0.1) is 0 Å². The van der Waals surface area contributed by atoms with Crippen molar-refractivity contribution in [1.29, 1.82) is 0 Å². The number of hydrogen-bond donors (Lipinski definition) is 0. The monoisotopic (exact) mass is 242 g/mol. The lowest BCUT2D eigenvalue weighted by Crippen LogP contribution is -2.03. The summed E-state index contributed by atoms with van der Waals surface area (Å²) in [4.78, 5) is 0. The molecule has 0 amide bonds. The Bertz CT molecular complexity index is 420. The van der Waals surface area contributed by atoms with E-state index in [0.717, 1.165) is 12.1 Å². The first kappa shape index (κ1) is 13.2. The Balaban J connectivity index is 0.000000181. The number of benzene rings is 2. The molecule has 0 fully saturated rings. The van der Waals surface area contributed by atoms with Crippen molar-refractivity contribution >= 4 is 0 Å². The fourth-order valence-electron chi connectivity index (χ4n) is 1.04. The van der Waals surface area contributed by atoms with Gasteiger partial charge in [-0.2, -0.15) is 13.2 Å². The van der Waals surface area contributed by atoms with Crippen molar-refractivity contribution < 1.29 is 17.6 Å². The van der Waals surface area contributed by atoms with E-state index < -0.39 is 11.7 Å². The summed E-state index contributed by atoms with van der Waals surface area (Å²) in [5.74, 6) is -0.178. The Morgan fingerprint density at radius 1 is 0.647 bits per heavy atom. The molecule has 2 aromatic carbocycles. The van der Waals surface area contributed by atoms with Gasteiger partial charge in [0.05, 0.1) is 5.56 Å². The first-order valence-corrected chi connectivity index (χ1v) is 4.83. The van der Waals surface area contributed by atoms with Gasteiger partial charge in [-0.1, -0.05) is 48.5 Å². The Hall–Kier alpha value is -1.84. The second kappa shape index (κ2) is 6.03. The van der Waals surface area contributed by atoms with Gasteiger partial charge in [0.25, 0.3) is 0 Å². The quantitative estimate of drug-likeness (QED) is 0.595. The van der Waals surface area contributed by atoms with Crippen molar-refractivity contribution in [3.63, 3.8) is 0 Å². The van der Waals surface area contributed by atoms with E-state index in [-0.39, 0.29) is 5.82 Å². The first-order valence-electron chi connectivity index (χ1n) is 4.83. The van der Waals surface area contributed by atoms with E-state index in [4.69, 9.17) is 0 Å². The zero-order valence-corrected chi connectivity index (χ0v) is 8.79. The number of alkyl halides is 3. The molecule has 0 aromatic heterocycles. The van der Waals surface area contributed by atoms with Crippen LogP contribution in [0.4, 0.5) is 17.6 Å². The third-order valence-corrected chi connectivity index (χ3v) is 1.83. The second-order valence-corrected chi connectivity index (χ2v) is 3.16. The molecule has 0 nitrogen and oxygen atoms in total. The summed E-state index contributed by atoms with van der Waals surface area (Å²) in [6.45, 7) is 0. The summed E-state index contributed by atoms with van der Waals surface area (Å²) >= 11 is 0. The predicted octanol–water partition coefficient (Wildman–Crippen LogP) is 4.53. The Morgan fingerprint density at radius 2 is 1.06 bits per heavy atom. The molecule has 0 saturated heterocycles. The van der Waals surface area contributed by atoms with E-state index in [2.05, 4.69) is 0 Å². The molecule has 0 unspecified atom stereocenters. The Labute approximate surface area is 96.5 Å². The van der Waals surface area contributed by atoms with Crippen LogP contribution >= 0.6 is 0 Å². The van der Waals surface area contributed by atoms with Crippen molar-refractivity contribution in [2.45, 2.75) is 6.18 Å². The van der Waals surface area contributed by atoms with Crippen molar-refractivity contribution in [2.24, 2.45) is 0 Å². The number of halogens is 4. The van der Waals surface area contributed by atoms with E-state index in [1.165, 1.54) is 24.3 Å². The summed E-state index contributed by atoms with van der Waals surface area (Å²) in [5, 5.41) is 0. The molecule has 0 heterocycles. The molecule has 0 radical (unpaired) electrons. The van der Waals surface area contributed by atoms with E-state index >= 15 is 0 Å². The van der Waals surface area contributed by atoms with Crippen LogP contribution in [0.3, 0.4) is 0 Å². The molecule has 0 N–H and O–H groups in total. The fraction of sp³-hybridized carbons (Fsp3) is 0.0769. The first-order chi connectivity index (χ1) is 8.00. The summed E-state index contributed by atoms with van der Waals surface area (Å²) < 4.78 is 47.3. The van der Waals surface area contributed by atoms with Gasteiger partial charge in [0, 0.05) is 0 Å². The Kier molecular flexibility index (Phi) is 4.69. The van der Waals surface area contributed by atoms with Crippen molar-refractivity contribution in [1.82, 2.24) is 0 Å². The Morgan fingerprint density at radius 3 is 1.29 bits per heavy atom. The molecular weight excluding hydrogens is 232 g/mol. The molecule has 2 rings (SSSR count). The van der Waals surface area contributed by atoms with Gasteiger partial charge in [0.2, 0.25) is 0 Å². The van der Waals surface area contributed by atoms with Crippen LogP contribution < -0.4 is 0 Å². The molecule has 0 saturated carbocycles. The van der Waals surface area contributed by atoms with Gasteiger partial charge in [-0.25, -0.2) is 4.39 Å². The van der Waals surface area contributed by atoms with Crippen LogP contribution in [0.15, 0.2) is 60.7 Å². The summed E-state index contributed by atoms with van der Waals surface area (Å²) in [6.07, 6.45) is -4.21. The average Bonchev–Trinajstić information content (AvgIpc) is 2.31. The van der Waals surface area contributed by atoms with Gasteiger partial charge in [-0.3, -0.25) is 0 Å². The summed E-state index contributed by atoms with van der Waals surface area (Å²) in [7, 11) is 0. The van der Waals surface area contributed by atoms with Gasteiger partial charge in [-0.05, 0) is 12.1 Å². The highest BCUT2D eigenvalue weighted by molar-refractivity contribution is 5.17. The highest BCUT2D eigenvalue weighted by Crippen LogP contribution is 2.28. The maximum Gasteiger partial charge on any atom is 0.416 e. The lowest BCUT2D eigenvalue weighted by atomic mass is 10.2. The summed E-state index contributed by atoms with van der Waals surface area (Å²) in [6, 6.07) is 14.3. The zero-order valence-electron chi connectivity index (χ0n) is 8.79. The summed E-state index contributed by atoms with van der Waals surface area (Å²) in [5.41, 5.74) is -0.602. The highest BCUT2D eigenvalue weighted by atomic mass is 19.4. The fourth-order valence-corrected chi connectivity index (χ4v) is 1.04. The molecule has 90 valence electrons. The maximum atomic E-state index is 11.9. The van der Waals surface area contributed by atoms with E-state index in [1.54, 1.807) is 24.3 Å². The maximum absolute atomic E-state index is 11.9. The molecule has 0 aliphatic carbocycles. The number of rotatable bonds is 0. The normalized spacial score (nSPS) is 10.4. The standard InChI is InChI=1S/C7H5F3.C6H5F/c8-7(9,10)6-4-2-1-3-5-6;7-6-4-2-1-3-5-6/h1-5H;1-5H. The molecule has 0 atom stereocenters. The predicted molar refractivity (Wildman–Crippen MR) is 57.8 cm³/mol. The average molecular weight is 242 g/mol. The lowest BCUT2D eigenvalue weighted by Gasteiger charge is -2.03. The SMILES string of the molecule is FC(F)(F)c1ccccc1.Fc1ccccc1.